The van der Waals surface area contributed by atoms with E-state index in [1.807, 2.05) is 18.2 Å². The third-order valence-corrected chi connectivity index (χ3v) is 4.26. The number of likely N-dealkylation sites (tertiary alicyclic amines) is 1. The van der Waals surface area contributed by atoms with E-state index in [4.69, 9.17) is 4.74 Å². The first-order valence-corrected chi connectivity index (χ1v) is 7.75. The molecule has 0 radical (unpaired) electrons. The highest BCUT2D eigenvalue weighted by atomic mass is 16.5. The van der Waals surface area contributed by atoms with E-state index < -0.39 is 0 Å². The maximum atomic E-state index is 12.3. The minimum Gasteiger partial charge on any atom is -0.486 e. The van der Waals surface area contributed by atoms with E-state index in [2.05, 4.69) is 4.90 Å². The minimum absolute atomic E-state index is 0.0698. The summed E-state index contributed by atoms with van der Waals surface area (Å²) in [5, 5.41) is 0. The number of Topliss-reactive ketones (excluding diaryl/α,β-unsaturated/α-hetero) is 2. The van der Waals surface area contributed by atoms with E-state index in [-0.39, 0.29) is 18.2 Å². The van der Waals surface area contributed by atoms with E-state index in [1.54, 1.807) is 0 Å². The van der Waals surface area contributed by atoms with Crippen LogP contribution in [0.1, 0.15) is 41.6 Å². The third kappa shape index (κ3) is 3.50. The van der Waals surface area contributed by atoms with Crippen LogP contribution < -0.4 is 4.74 Å². The second-order valence-electron chi connectivity index (χ2n) is 5.90. The minimum atomic E-state index is 0.0698. The molecule has 1 fully saturated rings. The zero-order chi connectivity index (χ0) is 14.7. The fourth-order valence-electron chi connectivity index (χ4n) is 3.04. The molecule has 4 nitrogen and oxygen atoms in total. The summed E-state index contributed by atoms with van der Waals surface area (Å²) in [6.07, 6.45) is 4.72. The number of hydrogen-bond acceptors (Lipinski definition) is 4. The fraction of sp³-hybridized carbons (Fsp3) is 0.529. The summed E-state index contributed by atoms with van der Waals surface area (Å²) in [5.41, 5.74) is 1.54. The van der Waals surface area contributed by atoms with Gasteiger partial charge in [0.05, 0.1) is 0 Å². The van der Waals surface area contributed by atoms with Crippen LogP contribution in [0.25, 0.3) is 0 Å². The predicted molar refractivity (Wildman–Crippen MR) is 79.9 cm³/mol. The molecule has 0 amide bonds. The van der Waals surface area contributed by atoms with Gasteiger partial charge in [-0.1, -0.05) is 6.42 Å². The number of ether oxygens (including phenoxy) is 1. The van der Waals surface area contributed by atoms with Crippen LogP contribution in [0.15, 0.2) is 18.2 Å². The molecule has 0 N–H and O–H groups in total. The van der Waals surface area contributed by atoms with Gasteiger partial charge in [0.1, 0.15) is 12.4 Å². The summed E-state index contributed by atoms with van der Waals surface area (Å²) < 4.78 is 5.36. The molecule has 0 saturated carbocycles. The van der Waals surface area contributed by atoms with Crippen LogP contribution in [-0.2, 0) is 11.2 Å². The molecule has 0 spiro atoms. The van der Waals surface area contributed by atoms with E-state index in [0.717, 1.165) is 30.9 Å². The number of hydrogen-bond donors (Lipinski definition) is 0. The number of fused-ring (bicyclic) bond motifs is 1. The molecule has 0 atom stereocenters. The summed E-state index contributed by atoms with van der Waals surface area (Å²) in [7, 11) is 0. The standard InChI is InChI=1S/C17H21NO3/c19-15-11-14-10-13(4-5-17(14)21-12-15)16(20)6-9-18-7-2-1-3-8-18/h4-5,10H,1-3,6-9,11-12H2. The van der Waals surface area contributed by atoms with E-state index in [0.29, 0.717) is 18.4 Å². The van der Waals surface area contributed by atoms with Crippen LogP contribution in [0.2, 0.25) is 0 Å². The van der Waals surface area contributed by atoms with Crippen LogP contribution >= 0.6 is 0 Å². The Bertz CT molecular complexity index is 547. The van der Waals surface area contributed by atoms with Crippen molar-refractivity contribution < 1.29 is 14.3 Å². The summed E-state index contributed by atoms with van der Waals surface area (Å²) in [5.74, 6) is 0.962. The van der Waals surface area contributed by atoms with Gasteiger partial charge in [0.25, 0.3) is 0 Å². The summed E-state index contributed by atoms with van der Waals surface area (Å²) >= 11 is 0. The van der Waals surface area contributed by atoms with Crippen molar-refractivity contribution in [1.82, 2.24) is 4.90 Å². The summed E-state index contributed by atoms with van der Waals surface area (Å²) in [6.45, 7) is 3.21. The molecule has 1 saturated heterocycles. The molecule has 0 bridgehead atoms. The smallest absolute Gasteiger partial charge is 0.174 e. The normalized spacial score (nSPS) is 19.0. The lowest BCUT2D eigenvalue weighted by Gasteiger charge is -2.26. The first kappa shape index (κ1) is 14.3. The van der Waals surface area contributed by atoms with E-state index in [9.17, 15) is 9.59 Å². The number of nitrogens with zero attached hydrogens (tertiary/aromatic N) is 1. The van der Waals surface area contributed by atoms with Gasteiger partial charge in [-0.25, -0.2) is 0 Å². The number of piperidine rings is 1. The van der Waals surface area contributed by atoms with Gasteiger partial charge in [-0.05, 0) is 44.1 Å². The van der Waals surface area contributed by atoms with Crippen molar-refractivity contribution in [2.24, 2.45) is 0 Å². The van der Waals surface area contributed by atoms with Crippen LogP contribution in [0.3, 0.4) is 0 Å². The van der Waals surface area contributed by atoms with Gasteiger partial charge < -0.3 is 9.64 Å². The van der Waals surface area contributed by atoms with E-state index in [1.165, 1.54) is 19.3 Å². The fourth-order valence-corrected chi connectivity index (χ4v) is 3.04. The first-order chi connectivity index (χ1) is 10.2. The summed E-state index contributed by atoms with van der Waals surface area (Å²) in [4.78, 5) is 26.1. The number of carbonyl (C=O) groups is 2. The van der Waals surface area contributed by atoms with Crippen molar-refractivity contribution >= 4 is 11.6 Å². The highest BCUT2D eigenvalue weighted by Crippen LogP contribution is 2.25. The Balaban J connectivity index is 1.61. The Hall–Kier alpha value is -1.68. The van der Waals surface area contributed by atoms with Crippen LogP contribution in [-0.4, -0.2) is 42.7 Å². The lowest BCUT2D eigenvalue weighted by molar-refractivity contribution is -0.121. The Morgan fingerprint density at radius 1 is 1.19 bits per heavy atom. The van der Waals surface area contributed by atoms with Gasteiger partial charge in [-0.3, -0.25) is 9.59 Å². The summed E-state index contributed by atoms with van der Waals surface area (Å²) in [6, 6.07) is 5.45. The van der Waals surface area contributed by atoms with Crippen molar-refractivity contribution in [2.75, 3.05) is 26.2 Å². The van der Waals surface area contributed by atoms with Crippen LogP contribution in [0.5, 0.6) is 5.75 Å². The monoisotopic (exact) mass is 287 g/mol. The molecule has 4 heteroatoms. The van der Waals surface area contributed by atoms with Crippen molar-refractivity contribution in [1.29, 1.82) is 0 Å². The average molecular weight is 287 g/mol. The van der Waals surface area contributed by atoms with Crippen LogP contribution in [0, 0.1) is 0 Å². The first-order valence-electron chi connectivity index (χ1n) is 7.75. The van der Waals surface area contributed by atoms with Crippen molar-refractivity contribution in [2.45, 2.75) is 32.1 Å². The van der Waals surface area contributed by atoms with Gasteiger partial charge in [0.15, 0.2) is 11.6 Å². The Labute approximate surface area is 125 Å². The molecule has 1 aromatic carbocycles. The number of rotatable bonds is 4. The van der Waals surface area contributed by atoms with Gasteiger partial charge >= 0.3 is 0 Å². The predicted octanol–water partition coefficient (Wildman–Crippen LogP) is 2.25. The van der Waals surface area contributed by atoms with Gasteiger partial charge in [-0.2, -0.15) is 0 Å². The molecule has 112 valence electrons. The molecule has 0 aromatic heterocycles. The maximum absolute atomic E-state index is 12.3. The Morgan fingerprint density at radius 3 is 2.81 bits per heavy atom. The molecular weight excluding hydrogens is 266 g/mol. The highest BCUT2D eigenvalue weighted by molar-refractivity contribution is 5.97. The van der Waals surface area contributed by atoms with E-state index >= 15 is 0 Å². The van der Waals surface area contributed by atoms with Crippen molar-refractivity contribution in [3.63, 3.8) is 0 Å². The molecule has 0 unspecified atom stereocenters. The quantitative estimate of drug-likeness (QED) is 0.797. The third-order valence-electron chi connectivity index (χ3n) is 4.26. The molecule has 2 aliphatic heterocycles. The maximum Gasteiger partial charge on any atom is 0.174 e. The molecule has 3 rings (SSSR count). The SMILES string of the molecule is O=C1COc2ccc(C(=O)CCN3CCCCC3)cc2C1. The number of carbonyl (C=O) groups excluding carboxylic acids is 2. The van der Waals surface area contributed by atoms with Gasteiger partial charge in [0.2, 0.25) is 0 Å². The highest BCUT2D eigenvalue weighted by Gasteiger charge is 2.19. The second-order valence-corrected chi connectivity index (χ2v) is 5.90. The Kier molecular flexibility index (Phi) is 4.34. The molecule has 2 heterocycles. The second kappa shape index (κ2) is 6.39. The molecule has 1 aromatic rings. The lowest BCUT2D eigenvalue weighted by atomic mass is 9.99. The van der Waals surface area contributed by atoms with Crippen molar-refractivity contribution in [3.8, 4) is 5.75 Å². The molecule has 2 aliphatic rings. The van der Waals surface area contributed by atoms with Gasteiger partial charge in [0, 0.05) is 30.5 Å². The van der Waals surface area contributed by atoms with Gasteiger partial charge in [-0.15, -0.1) is 0 Å². The molecule has 21 heavy (non-hydrogen) atoms. The zero-order valence-corrected chi connectivity index (χ0v) is 12.3. The number of ketones is 2. The molecular formula is C17H21NO3. The zero-order valence-electron chi connectivity index (χ0n) is 12.3. The molecule has 0 aliphatic carbocycles. The number of benzene rings is 1. The van der Waals surface area contributed by atoms with Crippen molar-refractivity contribution in [3.05, 3.63) is 29.3 Å². The Morgan fingerprint density at radius 2 is 2.00 bits per heavy atom. The largest absolute Gasteiger partial charge is 0.486 e. The lowest BCUT2D eigenvalue weighted by Crippen LogP contribution is -2.31. The van der Waals surface area contributed by atoms with Crippen LogP contribution in [0.4, 0.5) is 0 Å². The average Bonchev–Trinajstić information content (AvgIpc) is 2.53. The topological polar surface area (TPSA) is 46.6 Å².